The molecule has 2 N–H and O–H groups in total. The van der Waals surface area contributed by atoms with Gasteiger partial charge in [0.05, 0.1) is 6.54 Å². The number of likely N-dealkylation sites (N-methyl/N-ethyl adjacent to an activating group) is 1. The van der Waals surface area contributed by atoms with Gasteiger partial charge in [0, 0.05) is 17.8 Å². The Balaban J connectivity index is 1.79. The number of carbonyl (C=O) groups excluding carboxylic acids is 1. The van der Waals surface area contributed by atoms with Crippen LogP contribution in [0.3, 0.4) is 0 Å². The third-order valence-electron chi connectivity index (χ3n) is 4.23. The van der Waals surface area contributed by atoms with Crippen LogP contribution in [0, 0.1) is 5.82 Å². The standard InChI is InChI=1S/C16H24FN3O/c1-18-13-6-8-15(9-7-13)20(2)11-16(21)19-14-5-3-4-12(17)10-14/h3-5,10,13,15,18H,6-9,11H2,1-2H3,(H,19,21). The van der Waals surface area contributed by atoms with Gasteiger partial charge in [0.2, 0.25) is 5.91 Å². The minimum atomic E-state index is -0.341. The van der Waals surface area contributed by atoms with Crippen LogP contribution in [-0.2, 0) is 4.79 Å². The van der Waals surface area contributed by atoms with E-state index in [1.165, 1.54) is 12.1 Å². The zero-order chi connectivity index (χ0) is 15.2. The molecule has 0 aliphatic heterocycles. The van der Waals surface area contributed by atoms with Gasteiger partial charge >= 0.3 is 0 Å². The van der Waals surface area contributed by atoms with Gasteiger partial charge in [-0.15, -0.1) is 0 Å². The lowest BCUT2D eigenvalue weighted by Gasteiger charge is -2.34. The SMILES string of the molecule is CNC1CCC(N(C)CC(=O)Nc2cccc(F)c2)CC1. The third kappa shape index (κ3) is 4.79. The summed E-state index contributed by atoms with van der Waals surface area (Å²) in [5, 5.41) is 6.05. The third-order valence-corrected chi connectivity index (χ3v) is 4.23. The Bertz CT molecular complexity index is 472. The summed E-state index contributed by atoms with van der Waals surface area (Å²) in [5.74, 6) is -0.439. The van der Waals surface area contributed by atoms with Crippen molar-refractivity contribution in [1.82, 2.24) is 10.2 Å². The van der Waals surface area contributed by atoms with Crippen LogP contribution in [-0.4, -0.2) is 43.5 Å². The first-order valence-corrected chi connectivity index (χ1v) is 7.51. The summed E-state index contributed by atoms with van der Waals surface area (Å²) < 4.78 is 13.1. The number of amides is 1. The van der Waals surface area contributed by atoms with Crippen molar-refractivity contribution in [3.63, 3.8) is 0 Å². The summed E-state index contributed by atoms with van der Waals surface area (Å²) >= 11 is 0. The van der Waals surface area contributed by atoms with Crippen molar-refractivity contribution in [2.45, 2.75) is 37.8 Å². The van der Waals surface area contributed by atoms with Gasteiger partial charge in [0.15, 0.2) is 0 Å². The lowest BCUT2D eigenvalue weighted by molar-refractivity contribution is -0.117. The van der Waals surface area contributed by atoms with Crippen LogP contribution in [0.25, 0.3) is 0 Å². The van der Waals surface area contributed by atoms with Gasteiger partial charge in [0.25, 0.3) is 0 Å². The van der Waals surface area contributed by atoms with Gasteiger partial charge in [-0.05, 0) is 58.0 Å². The molecule has 0 bridgehead atoms. The second-order valence-electron chi connectivity index (χ2n) is 5.77. The fourth-order valence-electron chi connectivity index (χ4n) is 2.93. The molecule has 0 spiro atoms. The average Bonchev–Trinajstić information content (AvgIpc) is 2.47. The summed E-state index contributed by atoms with van der Waals surface area (Å²) in [6.07, 6.45) is 4.51. The van der Waals surface area contributed by atoms with Gasteiger partial charge < -0.3 is 10.6 Å². The van der Waals surface area contributed by atoms with Crippen LogP contribution in [0.4, 0.5) is 10.1 Å². The van der Waals surface area contributed by atoms with Crippen molar-refractivity contribution in [3.05, 3.63) is 30.1 Å². The minimum absolute atomic E-state index is 0.0983. The predicted molar refractivity (Wildman–Crippen MR) is 82.8 cm³/mol. The van der Waals surface area contributed by atoms with E-state index >= 15 is 0 Å². The number of benzene rings is 1. The molecule has 5 heteroatoms. The zero-order valence-electron chi connectivity index (χ0n) is 12.7. The van der Waals surface area contributed by atoms with Crippen LogP contribution >= 0.6 is 0 Å². The molecule has 1 saturated carbocycles. The highest BCUT2D eigenvalue weighted by atomic mass is 19.1. The molecule has 0 radical (unpaired) electrons. The maximum Gasteiger partial charge on any atom is 0.238 e. The zero-order valence-corrected chi connectivity index (χ0v) is 12.7. The highest BCUT2D eigenvalue weighted by Crippen LogP contribution is 2.22. The van der Waals surface area contributed by atoms with Gasteiger partial charge in [-0.3, -0.25) is 9.69 Å². The molecule has 0 unspecified atom stereocenters. The van der Waals surface area contributed by atoms with Gasteiger partial charge in [-0.1, -0.05) is 6.07 Å². The molecule has 116 valence electrons. The van der Waals surface area contributed by atoms with E-state index < -0.39 is 0 Å². The lowest BCUT2D eigenvalue weighted by Crippen LogP contribution is -2.42. The Labute approximate surface area is 125 Å². The van der Waals surface area contributed by atoms with Crippen molar-refractivity contribution in [2.24, 2.45) is 0 Å². The highest BCUT2D eigenvalue weighted by Gasteiger charge is 2.24. The largest absolute Gasteiger partial charge is 0.325 e. The molecule has 0 saturated heterocycles. The van der Waals surface area contributed by atoms with E-state index in [4.69, 9.17) is 0 Å². The molecule has 21 heavy (non-hydrogen) atoms. The first kappa shape index (κ1) is 15.9. The number of anilines is 1. The second kappa shape index (κ2) is 7.52. The molecule has 4 nitrogen and oxygen atoms in total. The molecule has 0 aromatic heterocycles. The summed E-state index contributed by atoms with van der Waals surface area (Å²) in [5.41, 5.74) is 0.507. The minimum Gasteiger partial charge on any atom is -0.325 e. The van der Waals surface area contributed by atoms with Crippen LogP contribution in [0.1, 0.15) is 25.7 Å². The molecule has 1 aliphatic carbocycles. The quantitative estimate of drug-likeness (QED) is 0.875. The first-order chi connectivity index (χ1) is 10.1. The molecule has 1 aliphatic rings. The average molecular weight is 293 g/mol. The number of hydrogen-bond donors (Lipinski definition) is 2. The molecule has 1 amide bonds. The van der Waals surface area contributed by atoms with E-state index in [1.807, 2.05) is 14.1 Å². The van der Waals surface area contributed by atoms with Crippen molar-refractivity contribution >= 4 is 11.6 Å². The van der Waals surface area contributed by atoms with Crippen LogP contribution in [0.15, 0.2) is 24.3 Å². The summed E-state index contributed by atoms with van der Waals surface area (Å²) in [4.78, 5) is 14.1. The van der Waals surface area contributed by atoms with Gasteiger partial charge in [-0.2, -0.15) is 0 Å². The number of hydrogen-bond acceptors (Lipinski definition) is 3. The van der Waals surface area contributed by atoms with Gasteiger partial charge in [0.1, 0.15) is 5.82 Å². The molecule has 1 fully saturated rings. The second-order valence-corrected chi connectivity index (χ2v) is 5.77. The Morgan fingerprint density at radius 1 is 1.33 bits per heavy atom. The fraction of sp³-hybridized carbons (Fsp3) is 0.562. The van der Waals surface area contributed by atoms with E-state index in [1.54, 1.807) is 12.1 Å². The number of nitrogens with one attached hydrogen (secondary N) is 2. The molecule has 0 heterocycles. The van der Waals surface area contributed by atoms with Crippen molar-refractivity contribution < 1.29 is 9.18 Å². The van der Waals surface area contributed by atoms with Gasteiger partial charge in [-0.25, -0.2) is 4.39 Å². The highest BCUT2D eigenvalue weighted by molar-refractivity contribution is 5.92. The molecular weight excluding hydrogens is 269 g/mol. The van der Waals surface area contributed by atoms with E-state index in [2.05, 4.69) is 15.5 Å². The number of halogens is 1. The van der Waals surface area contributed by atoms with E-state index in [0.29, 0.717) is 24.3 Å². The van der Waals surface area contributed by atoms with Crippen LogP contribution in [0.2, 0.25) is 0 Å². The maximum absolute atomic E-state index is 13.1. The van der Waals surface area contributed by atoms with Crippen LogP contribution in [0.5, 0.6) is 0 Å². The molecular formula is C16H24FN3O. The number of nitrogens with zero attached hydrogens (tertiary/aromatic N) is 1. The van der Waals surface area contributed by atoms with E-state index in [-0.39, 0.29) is 11.7 Å². The van der Waals surface area contributed by atoms with Crippen molar-refractivity contribution in [1.29, 1.82) is 0 Å². The molecule has 0 atom stereocenters. The predicted octanol–water partition coefficient (Wildman–Crippen LogP) is 2.23. The van der Waals surface area contributed by atoms with E-state index in [0.717, 1.165) is 25.7 Å². The maximum atomic E-state index is 13.1. The first-order valence-electron chi connectivity index (χ1n) is 7.51. The van der Waals surface area contributed by atoms with Crippen molar-refractivity contribution in [3.8, 4) is 0 Å². The molecule has 1 aromatic rings. The Morgan fingerprint density at radius 3 is 2.67 bits per heavy atom. The van der Waals surface area contributed by atoms with E-state index in [9.17, 15) is 9.18 Å². The normalized spacial score (nSPS) is 22.3. The summed E-state index contributed by atoms with van der Waals surface area (Å²) in [6, 6.07) is 7.04. The van der Waals surface area contributed by atoms with Crippen LogP contribution < -0.4 is 10.6 Å². The monoisotopic (exact) mass is 293 g/mol. The number of rotatable bonds is 5. The smallest absolute Gasteiger partial charge is 0.238 e. The fourth-order valence-corrected chi connectivity index (χ4v) is 2.93. The Morgan fingerprint density at radius 2 is 2.05 bits per heavy atom. The Hall–Kier alpha value is -1.46. The van der Waals surface area contributed by atoms with Crippen molar-refractivity contribution in [2.75, 3.05) is 26.0 Å². The summed E-state index contributed by atoms with van der Waals surface area (Å²) in [7, 11) is 3.98. The number of carbonyl (C=O) groups is 1. The molecule has 2 rings (SSSR count). The lowest BCUT2D eigenvalue weighted by atomic mass is 9.90. The Kier molecular flexibility index (Phi) is 5.70. The summed E-state index contributed by atoms with van der Waals surface area (Å²) in [6.45, 7) is 0.339. The molecule has 1 aromatic carbocycles. The topological polar surface area (TPSA) is 44.4 Å².